The Labute approximate surface area is 143 Å². The van der Waals surface area contributed by atoms with Crippen molar-refractivity contribution >= 4 is 27.5 Å². The van der Waals surface area contributed by atoms with Crippen molar-refractivity contribution in [1.29, 1.82) is 0 Å². The number of nitrogens with zero attached hydrogens (tertiary/aromatic N) is 3. The molecule has 5 rings (SSSR count). The van der Waals surface area contributed by atoms with Crippen molar-refractivity contribution in [2.45, 2.75) is 0 Å². The van der Waals surface area contributed by atoms with E-state index in [0.717, 1.165) is 32.9 Å². The third kappa shape index (κ3) is 1.82. The Morgan fingerprint density at radius 2 is 1.56 bits per heavy atom. The van der Waals surface area contributed by atoms with E-state index >= 15 is 0 Å². The number of hydrogen-bond acceptors (Lipinski definition) is 2. The molecule has 25 heavy (non-hydrogen) atoms. The van der Waals surface area contributed by atoms with Gasteiger partial charge in [0.1, 0.15) is 5.65 Å². The van der Waals surface area contributed by atoms with Gasteiger partial charge in [-0.2, -0.15) is 0 Å². The first-order chi connectivity index (χ1) is 12.3. The molecule has 0 saturated carbocycles. The number of aryl methyl sites for hydroxylation is 1. The number of pyridine rings is 1. The van der Waals surface area contributed by atoms with Gasteiger partial charge in [0.2, 0.25) is 0 Å². The minimum atomic E-state index is -0.0837. The van der Waals surface area contributed by atoms with E-state index in [-0.39, 0.29) is 5.69 Å². The van der Waals surface area contributed by atoms with Gasteiger partial charge in [-0.05, 0) is 23.8 Å². The van der Waals surface area contributed by atoms with Crippen LogP contribution >= 0.6 is 0 Å². The number of fused-ring (bicyclic) bond motifs is 5. The SMILES string of the molecule is Cn1c(=O)n2c3ccccc3c(-c3ccccc3)c2c2cccnc21. The molecule has 120 valence electrons. The van der Waals surface area contributed by atoms with Crippen LogP contribution in [-0.2, 0) is 7.05 Å². The Kier molecular flexibility index (Phi) is 2.82. The molecule has 0 N–H and O–H groups in total. The first kappa shape index (κ1) is 14.0. The van der Waals surface area contributed by atoms with Crippen LogP contribution in [0.3, 0.4) is 0 Å². The van der Waals surface area contributed by atoms with Crippen LogP contribution in [0.4, 0.5) is 0 Å². The lowest BCUT2D eigenvalue weighted by Gasteiger charge is -2.08. The molecule has 0 spiro atoms. The summed E-state index contributed by atoms with van der Waals surface area (Å²) in [7, 11) is 1.77. The molecule has 0 aliphatic carbocycles. The van der Waals surface area contributed by atoms with Crippen molar-refractivity contribution in [3.8, 4) is 11.1 Å². The van der Waals surface area contributed by atoms with E-state index in [4.69, 9.17) is 0 Å². The maximum absolute atomic E-state index is 13.1. The summed E-state index contributed by atoms with van der Waals surface area (Å²) in [6, 6.07) is 22.2. The molecule has 0 atom stereocenters. The molecule has 0 fully saturated rings. The minimum absolute atomic E-state index is 0.0837. The summed E-state index contributed by atoms with van der Waals surface area (Å²) >= 11 is 0. The molecule has 4 nitrogen and oxygen atoms in total. The van der Waals surface area contributed by atoms with Crippen molar-refractivity contribution in [2.24, 2.45) is 7.05 Å². The van der Waals surface area contributed by atoms with E-state index in [1.54, 1.807) is 17.8 Å². The fourth-order valence-corrected chi connectivity index (χ4v) is 3.68. The molecule has 0 aliphatic heterocycles. The number of aromatic nitrogens is 3. The van der Waals surface area contributed by atoms with Crippen LogP contribution in [0, 0.1) is 0 Å². The van der Waals surface area contributed by atoms with E-state index in [1.165, 1.54) is 0 Å². The van der Waals surface area contributed by atoms with E-state index in [1.807, 2.05) is 52.9 Å². The standard InChI is InChI=1S/C21H15N3O/c1-23-20-16(11-7-13-22-20)19-18(14-8-3-2-4-9-14)15-10-5-6-12-17(15)24(19)21(23)25/h2-13H,1H3. The van der Waals surface area contributed by atoms with Crippen LogP contribution in [0.2, 0.25) is 0 Å². The van der Waals surface area contributed by atoms with Crippen molar-refractivity contribution < 1.29 is 0 Å². The smallest absolute Gasteiger partial charge is 0.280 e. The predicted molar refractivity (Wildman–Crippen MR) is 101 cm³/mol. The molecule has 3 heterocycles. The zero-order valence-corrected chi connectivity index (χ0v) is 13.7. The van der Waals surface area contributed by atoms with Crippen molar-refractivity contribution in [3.05, 3.63) is 83.4 Å². The number of benzene rings is 2. The highest BCUT2D eigenvalue weighted by Gasteiger charge is 2.19. The van der Waals surface area contributed by atoms with Gasteiger partial charge in [0.05, 0.1) is 11.0 Å². The number of hydrogen-bond donors (Lipinski definition) is 0. The van der Waals surface area contributed by atoms with Gasteiger partial charge >= 0.3 is 5.69 Å². The lowest BCUT2D eigenvalue weighted by molar-refractivity contribution is 0.825. The van der Waals surface area contributed by atoms with Gasteiger partial charge in [0, 0.05) is 29.6 Å². The Balaban J connectivity index is 2.18. The molecule has 5 aromatic rings. The Bertz CT molecular complexity index is 1310. The Morgan fingerprint density at radius 3 is 2.40 bits per heavy atom. The van der Waals surface area contributed by atoms with Gasteiger partial charge in [0.15, 0.2) is 0 Å². The average Bonchev–Trinajstić information content (AvgIpc) is 3.02. The fourth-order valence-electron chi connectivity index (χ4n) is 3.68. The monoisotopic (exact) mass is 325 g/mol. The van der Waals surface area contributed by atoms with Gasteiger partial charge < -0.3 is 0 Å². The molecular weight excluding hydrogens is 310 g/mol. The third-order valence-corrected chi connectivity index (χ3v) is 4.77. The highest BCUT2D eigenvalue weighted by Crippen LogP contribution is 2.37. The van der Waals surface area contributed by atoms with Gasteiger partial charge in [-0.1, -0.05) is 48.5 Å². The summed E-state index contributed by atoms with van der Waals surface area (Å²) in [5.74, 6) is 0. The Hall–Kier alpha value is -3.40. The molecule has 4 heteroatoms. The maximum Gasteiger partial charge on any atom is 0.334 e. The predicted octanol–water partition coefficient (Wildman–Crippen LogP) is 4.01. The summed E-state index contributed by atoms with van der Waals surface area (Å²) in [6.07, 6.45) is 1.73. The second-order valence-electron chi connectivity index (χ2n) is 6.16. The number of rotatable bonds is 1. The maximum atomic E-state index is 13.1. The summed E-state index contributed by atoms with van der Waals surface area (Å²) in [5.41, 5.74) is 4.62. The van der Waals surface area contributed by atoms with Gasteiger partial charge in [-0.25, -0.2) is 9.78 Å². The second kappa shape index (κ2) is 5.05. The molecule has 0 amide bonds. The topological polar surface area (TPSA) is 39.3 Å². The summed E-state index contributed by atoms with van der Waals surface area (Å²) in [6.45, 7) is 0. The highest BCUT2D eigenvalue weighted by molar-refractivity contribution is 6.13. The summed E-state index contributed by atoms with van der Waals surface area (Å²) in [5, 5.41) is 2.04. The largest absolute Gasteiger partial charge is 0.334 e. The van der Waals surface area contributed by atoms with Crippen molar-refractivity contribution in [3.63, 3.8) is 0 Å². The van der Waals surface area contributed by atoms with Gasteiger partial charge in [0.25, 0.3) is 0 Å². The first-order valence-corrected chi connectivity index (χ1v) is 8.19. The third-order valence-electron chi connectivity index (χ3n) is 4.77. The normalized spacial score (nSPS) is 11.6. The van der Waals surface area contributed by atoms with E-state index in [0.29, 0.717) is 5.65 Å². The average molecular weight is 325 g/mol. The Morgan fingerprint density at radius 1 is 0.840 bits per heavy atom. The minimum Gasteiger partial charge on any atom is -0.280 e. The van der Waals surface area contributed by atoms with E-state index in [2.05, 4.69) is 23.2 Å². The van der Waals surface area contributed by atoms with Crippen molar-refractivity contribution in [1.82, 2.24) is 14.0 Å². The van der Waals surface area contributed by atoms with Crippen LogP contribution < -0.4 is 5.69 Å². The molecule has 0 unspecified atom stereocenters. The summed E-state index contributed by atoms with van der Waals surface area (Å²) in [4.78, 5) is 17.5. The number of para-hydroxylation sites is 1. The van der Waals surface area contributed by atoms with Crippen LogP contribution in [0.1, 0.15) is 0 Å². The van der Waals surface area contributed by atoms with Crippen LogP contribution in [0.25, 0.3) is 38.6 Å². The lowest BCUT2D eigenvalue weighted by atomic mass is 10.0. The lowest BCUT2D eigenvalue weighted by Crippen LogP contribution is -2.24. The van der Waals surface area contributed by atoms with E-state index < -0.39 is 0 Å². The second-order valence-corrected chi connectivity index (χ2v) is 6.16. The molecule has 0 radical (unpaired) electrons. The van der Waals surface area contributed by atoms with Crippen LogP contribution in [0.5, 0.6) is 0 Å². The van der Waals surface area contributed by atoms with Gasteiger partial charge in [-0.15, -0.1) is 0 Å². The fraction of sp³-hybridized carbons (Fsp3) is 0.0476. The van der Waals surface area contributed by atoms with E-state index in [9.17, 15) is 4.79 Å². The zero-order valence-electron chi connectivity index (χ0n) is 13.7. The molecule has 0 bridgehead atoms. The molecular formula is C21H15N3O. The highest BCUT2D eigenvalue weighted by atomic mass is 16.1. The van der Waals surface area contributed by atoms with Crippen molar-refractivity contribution in [2.75, 3.05) is 0 Å². The summed E-state index contributed by atoms with van der Waals surface area (Å²) < 4.78 is 3.42. The first-order valence-electron chi connectivity index (χ1n) is 8.19. The molecule has 0 aliphatic rings. The molecule has 0 saturated heterocycles. The quantitative estimate of drug-likeness (QED) is 0.467. The zero-order chi connectivity index (χ0) is 17.0. The molecule has 3 aromatic heterocycles. The van der Waals surface area contributed by atoms with Gasteiger partial charge in [-0.3, -0.25) is 8.97 Å². The van der Waals surface area contributed by atoms with Crippen LogP contribution in [-0.4, -0.2) is 14.0 Å². The molecule has 2 aromatic carbocycles. The van der Waals surface area contributed by atoms with Crippen LogP contribution in [0.15, 0.2) is 77.7 Å².